The van der Waals surface area contributed by atoms with Gasteiger partial charge in [-0.15, -0.1) is 0 Å². The fourth-order valence-electron chi connectivity index (χ4n) is 3.89. The highest BCUT2D eigenvalue weighted by molar-refractivity contribution is 4.94. The molecule has 3 fully saturated rings. The van der Waals surface area contributed by atoms with E-state index in [2.05, 4.69) is 0 Å². The highest BCUT2D eigenvalue weighted by atomic mass is 16.7. The Kier molecular flexibility index (Phi) is 8.99. The molecule has 0 radical (unpaired) electrons. The van der Waals surface area contributed by atoms with Crippen molar-refractivity contribution in [3.63, 3.8) is 0 Å². The first-order valence-corrected chi connectivity index (χ1v) is 10.4. The van der Waals surface area contributed by atoms with Gasteiger partial charge in [-0.2, -0.15) is 0 Å². The molecule has 0 aliphatic carbocycles. The molecule has 3 aliphatic heterocycles. The minimum Gasteiger partial charge on any atom is -0.394 e. The van der Waals surface area contributed by atoms with E-state index in [1.165, 1.54) is 6.92 Å². The molecule has 3 rings (SSSR count). The van der Waals surface area contributed by atoms with Crippen LogP contribution in [0, 0.1) is 0 Å². The van der Waals surface area contributed by atoms with Gasteiger partial charge in [-0.1, -0.05) is 0 Å². The van der Waals surface area contributed by atoms with E-state index in [1.807, 2.05) is 0 Å². The van der Waals surface area contributed by atoms with Crippen LogP contribution in [0.15, 0.2) is 0 Å². The normalized spacial score (nSPS) is 53.7. The highest BCUT2D eigenvalue weighted by Gasteiger charge is 2.50. The summed E-state index contributed by atoms with van der Waals surface area (Å²) in [5.74, 6) is 0. The molecule has 0 aromatic carbocycles. The standard InChI is InChI=1S/C18H32O15/c1-4-7(20)10(23)13(26)18(30-4)33-15-9(22)6(31-16(28)14(15)27)3-29-17-12(25)11(24)8(21)5(2-19)32-17/h4-28H,2-3H2,1H3/t4-,5-,6-,7-,8-,9-,10+,11+,12+,13+,14+,15+,16-,17+,18-/m1/s1. The summed E-state index contributed by atoms with van der Waals surface area (Å²) < 4.78 is 26.3. The Bertz CT molecular complexity index is 624. The topological polar surface area (TPSA) is 248 Å². The third-order valence-electron chi connectivity index (χ3n) is 6.03. The Morgan fingerprint density at radius 2 is 1.21 bits per heavy atom. The summed E-state index contributed by atoms with van der Waals surface area (Å²) in [5.41, 5.74) is 0. The first-order valence-electron chi connectivity index (χ1n) is 10.4. The van der Waals surface area contributed by atoms with E-state index >= 15 is 0 Å². The van der Waals surface area contributed by atoms with Gasteiger partial charge in [-0.3, -0.25) is 0 Å². The van der Waals surface area contributed by atoms with E-state index in [0.29, 0.717) is 0 Å². The molecule has 0 amide bonds. The van der Waals surface area contributed by atoms with Crippen molar-refractivity contribution in [2.45, 2.75) is 99.0 Å². The van der Waals surface area contributed by atoms with Gasteiger partial charge in [0.25, 0.3) is 0 Å². The number of aliphatic hydroxyl groups excluding tert-OH is 10. The van der Waals surface area contributed by atoms with Crippen LogP contribution in [-0.4, -0.2) is 156 Å². The lowest BCUT2D eigenvalue weighted by Gasteiger charge is -2.45. The Morgan fingerprint density at radius 3 is 1.85 bits per heavy atom. The second kappa shape index (κ2) is 11.0. The Labute approximate surface area is 187 Å². The van der Waals surface area contributed by atoms with Crippen LogP contribution in [0.5, 0.6) is 0 Å². The summed E-state index contributed by atoms with van der Waals surface area (Å²) in [7, 11) is 0. The van der Waals surface area contributed by atoms with E-state index in [-0.39, 0.29) is 0 Å². The first kappa shape index (κ1) is 27.0. The van der Waals surface area contributed by atoms with Crippen molar-refractivity contribution in [2.75, 3.05) is 13.2 Å². The van der Waals surface area contributed by atoms with Gasteiger partial charge >= 0.3 is 0 Å². The monoisotopic (exact) mass is 488 g/mol. The first-order chi connectivity index (χ1) is 15.5. The van der Waals surface area contributed by atoms with Crippen LogP contribution in [0.1, 0.15) is 6.92 Å². The van der Waals surface area contributed by atoms with Crippen molar-refractivity contribution in [1.29, 1.82) is 0 Å². The number of ether oxygens (including phenoxy) is 5. The number of aliphatic hydroxyl groups is 10. The molecule has 0 bridgehead atoms. The van der Waals surface area contributed by atoms with Crippen LogP contribution >= 0.6 is 0 Å². The van der Waals surface area contributed by atoms with Crippen molar-refractivity contribution >= 4 is 0 Å². The Hall–Kier alpha value is -0.600. The summed E-state index contributed by atoms with van der Waals surface area (Å²) in [4.78, 5) is 0. The summed E-state index contributed by atoms with van der Waals surface area (Å²) in [6.45, 7) is 0.148. The molecule has 10 N–H and O–H groups in total. The van der Waals surface area contributed by atoms with Gasteiger partial charge < -0.3 is 74.7 Å². The Balaban J connectivity index is 1.64. The van der Waals surface area contributed by atoms with Crippen LogP contribution in [-0.2, 0) is 23.7 Å². The second-order valence-corrected chi connectivity index (χ2v) is 8.36. The molecule has 3 heterocycles. The van der Waals surface area contributed by atoms with Gasteiger partial charge in [0.1, 0.15) is 67.1 Å². The van der Waals surface area contributed by atoms with Gasteiger partial charge in [0.05, 0.1) is 19.3 Å². The van der Waals surface area contributed by atoms with Crippen molar-refractivity contribution in [2.24, 2.45) is 0 Å². The van der Waals surface area contributed by atoms with Crippen molar-refractivity contribution < 1.29 is 74.7 Å². The molecule has 194 valence electrons. The van der Waals surface area contributed by atoms with Gasteiger partial charge in [-0.05, 0) is 6.92 Å². The summed E-state index contributed by atoms with van der Waals surface area (Å²) in [6.07, 6.45) is -23.5. The van der Waals surface area contributed by atoms with Gasteiger partial charge in [-0.25, -0.2) is 0 Å². The zero-order valence-corrected chi connectivity index (χ0v) is 17.6. The highest BCUT2D eigenvalue weighted by Crippen LogP contribution is 2.29. The van der Waals surface area contributed by atoms with E-state index in [4.69, 9.17) is 23.7 Å². The minimum atomic E-state index is -1.88. The zero-order chi connectivity index (χ0) is 24.6. The SMILES string of the molecule is C[C@H]1O[C@H](O[C@@H]2[C@H](O)[C@H](O)O[C@H](CO[C@H]3O[C@H](CO)[C@@H](O)[C@H](O)[C@@H]3O)[C@H]2O)[C@@H](O)[C@@H](O)[C@@H]1O. The Morgan fingerprint density at radius 1 is 0.606 bits per heavy atom. The average Bonchev–Trinajstić information content (AvgIpc) is 2.79. The van der Waals surface area contributed by atoms with Crippen molar-refractivity contribution in [3.05, 3.63) is 0 Å². The predicted octanol–water partition coefficient (Wildman–Crippen LogP) is -6.55. The molecule has 0 aromatic heterocycles. The van der Waals surface area contributed by atoms with Crippen LogP contribution in [0.3, 0.4) is 0 Å². The fourth-order valence-corrected chi connectivity index (χ4v) is 3.89. The summed E-state index contributed by atoms with van der Waals surface area (Å²) >= 11 is 0. The zero-order valence-electron chi connectivity index (χ0n) is 17.6. The van der Waals surface area contributed by atoms with Crippen LogP contribution in [0.4, 0.5) is 0 Å². The maximum atomic E-state index is 10.6. The van der Waals surface area contributed by atoms with Gasteiger partial charge in [0.15, 0.2) is 18.9 Å². The smallest absolute Gasteiger partial charge is 0.187 e. The molecule has 15 nitrogen and oxygen atoms in total. The van der Waals surface area contributed by atoms with E-state index < -0.39 is 105 Å². The lowest BCUT2D eigenvalue weighted by atomic mass is 9.97. The van der Waals surface area contributed by atoms with Crippen molar-refractivity contribution in [3.8, 4) is 0 Å². The maximum absolute atomic E-state index is 10.6. The summed E-state index contributed by atoms with van der Waals surface area (Å²) in [5, 5.41) is 99.5. The van der Waals surface area contributed by atoms with Crippen LogP contribution in [0.25, 0.3) is 0 Å². The largest absolute Gasteiger partial charge is 0.394 e. The summed E-state index contributed by atoms with van der Waals surface area (Å²) in [6, 6.07) is 0. The third-order valence-corrected chi connectivity index (χ3v) is 6.03. The molecular formula is C18H32O15. The molecule has 15 atom stereocenters. The molecular weight excluding hydrogens is 456 g/mol. The lowest BCUT2D eigenvalue weighted by molar-refractivity contribution is -0.359. The average molecular weight is 488 g/mol. The van der Waals surface area contributed by atoms with E-state index in [0.717, 1.165) is 0 Å². The van der Waals surface area contributed by atoms with Crippen LogP contribution < -0.4 is 0 Å². The number of hydrogen-bond acceptors (Lipinski definition) is 15. The van der Waals surface area contributed by atoms with Gasteiger partial charge in [0, 0.05) is 0 Å². The second-order valence-electron chi connectivity index (χ2n) is 8.36. The predicted molar refractivity (Wildman–Crippen MR) is 99.8 cm³/mol. The van der Waals surface area contributed by atoms with Crippen molar-refractivity contribution in [1.82, 2.24) is 0 Å². The molecule has 15 heteroatoms. The molecule has 0 aromatic rings. The lowest BCUT2D eigenvalue weighted by Crippen LogP contribution is -2.64. The molecule has 3 saturated heterocycles. The molecule has 0 spiro atoms. The molecule has 0 unspecified atom stereocenters. The minimum absolute atomic E-state index is 0.570. The quantitative estimate of drug-likeness (QED) is 0.167. The van der Waals surface area contributed by atoms with E-state index in [1.54, 1.807) is 0 Å². The maximum Gasteiger partial charge on any atom is 0.187 e. The van der Waals surface area contributed by atoms with Crippen LogP contribution in [0.2, 0.25) is 0 Å². The number of rotatable bonds is 6. The number of hydrogen-bond donors (Lipinski definition) is 10. The van der Waals surface area contributed by atoms with E-state index in [9.17, 15) is 51.1 Å². The molecule has 0 saturated carbocycles. The van der Waals surface area contributed by atoms with Gasteiger partial charge in [0.2, 0.25) is 0 Å². The molecule has 33 heavy (non-hydrogen) atoms. The fraction of sp³-hybridized carbons (Fsp3) is 1.00. The third kappa shape index (κ3) is 5.48. The molecule has 3 aliphatic rings.